The summed E-state index contributed by atoms with van der Waals surface area (Å²) in [5.74, 6) is 0.172. The summed E-state index contributed by atoms with van der Waals surface area (Å²) >= 11 is 0. The van der Waals surface area contributed by atoms with Crippen molar-refractivity contribution in [3.05, 3.63) is 35.4 Å². The fraction of sp³-hybridized carbons (Fsp3) is 0.364. The summed E-state index contributed by atoms with van der Waals surface area (Å²) in [6.07, 6.45) is 1.15. The van der Waals surface area contributed by atoms with Gasteiger partial charge in [0.25, 0.3) is 5.91 Å². The zero-order valence-electron chi connectivity index (χ0n) is 7.79. The van der Waals surface area contributed by atoms with E-state index in [2.05, 4.69) is 0 Å². The molecule has 68 valence electrons. The van der Waals surface area contributed by atoms with Crippen LogP contribution in [0.1, 0.15) is 22.3 Å². The minimum atomic E-state index is 0.172. The van der Waals surface area contributed by atoms with E-state index in [4.69, 9.17) is 0 Å². The first-order chi connectivity index (χ1) is 6.27. The van der Waals surface area contributed by atoms with Crippen molar-refractivity contribution in [2.24, 2.45) is 0 Å². The van der Waals surface area contributed by atoms with Crippen molar-refractivity contribution >= 4 is 5.91 Å². The molecule has 2 nitrogen and oxygen atoms in total. The molecular formula is C11H13NO. The first-order valence-corrected chi connectivity index (χ1v) is 4.63. The van der Waals surface area contributed by atoms with Crippen LogP contribution in [0.4, 0.5) is 0 Å². The van der Waals surface area contributed by atoms with Crippen LogP contribution in [0.2, 0.25) is 0 Å². The zero-order valence-corrected chi connectivity index (χ0v) is 7.79. The van der Waals surface area contributed by atoms with Crippen molar-refractivity contribution in [3.8, 4) is 0 Å². The van der Waals surface area contributed by atoms with Crippen LogP contribution < -0.4 is 0 Å². The monoisotopic (exact) mass is 175 g/mol. The first-order valence-electron chi connectivity index (χ1n) is 4.63. The first kappa shape index (κ1) is 8.30. The highest BCUT2D eigenvalue weighted by Gasteiger charge is 2.20. The van der Waals surface area contributed by atoms with Crippen LogP contribution in [0.25, 0.3) is 0 Å². The van der Waals surface area contributed by atoms with Crippen molar-refractivity contribution in [1.82, 2.24) is 4.90 Å². The molecule has 1 aromatic rings. The van der Waals surface area contributed by atoms with E-state index < -0.39 is 0 Å². The Balaban J connectivity index is 2.15. The number of hydrogen-bond acceptors (Lipinski definition) is 1. The Morgan fingerprint density at radius 1 is 1.23 bits per heavy atom. The molecular weight excluding hydrogens is 162 g/mol. The predicted molar refractivity (Wildman–Crippen MR) is 51.7 cm³/mol. The quantitative estimate of drug-likeness (QED) is 0.637. The Morgan fingerprint density at radius 2 is 1.85 bits per heavy atom. The van der Waals surface area contributed by atoms with Gasteiger partial charge in [0.2, 0.25) is 0 Å². The summed E-state index contributed by atoms with van der Waals surface area (Å²) in [7, 11) is 0. The summed E-state index contributed by atoms with van der Waals surface area (Å²) < 4.78 is 0. The highest BCUT2D eigenvalue weighted by Crippen LogP contribution is 2.12. The lowest BCUT2D eigenvalue weighted by Gasteiger charge is -2.30. The number of rotatable bonds is 1. The highest BCUT2D eigenvalue weighted by molar-refractivity contribution is 5.94. The molecule has 1 heterocycles. The summed E-state index contributed by atoms with van der Waals surface area (Å²) in [6.45, 7) is 3.87. The Hall–Kier alpha value is -1.31. The SMILES string of the molecule is Cc1ccc(C(=O)N2CCC2)cc1. The third kappa shape index (κ3) is 1.57. The van der Waals surface area contributed by atoms with Gasteiger partial charge in [-0.2, -0.15) is 0 Å². The normalized spacial score (nSPS) is 15.3. The molecule has 0 aromatic heterocycles. The Kier molecular flexibility index (Phi) is 2.05. The minimum absolute atomic E-state index is 0.172. The summed E-state index contributed by atoms with van der Waals surface area (Å²) in [6, 6.07) is 7.76. The topological polar surface area (TPSA) is 20.3 Å². The van der Waals surface area contributed by atoms with Gasteiger partial charge in [-0.25, -0.2) is 0 Å². The lowest BCUT2D eigenvalue weighted by Crippen LogP contribution is -2.41. The van der Waals surface area contributed by atoms with E-state index >= 15 is 0 Å². The van der Waals surface area contributed by atoms with Crippen molar-refractivity contribution in [2.45, 2.75) is 13.3 Å². The van der Waals surface area contributed by atoms with Crippen molar-refractivity contribution < 1.29 is 4.79 Å². The van der Waals surface area contributed by atoms with Crippen LogP contribution in [-0.2, 0) is 0 Å². The standard InChI is InChI=1S/C11H13NO/c1-9-3-5-10(6-4-9)11(13)12-7-2-8-12/h3-6H,2,7-8H2,1H3. The molecule has 0 unspecified atom stereocenters. The number of hydrogen-bond donors (Lipinski definition) is 0. The number of nitrogens with zero attached hydrogens (tertiary/aromatic N) is 1. The smallest absolute Gasteiger partial charge is 0.253 e. The molecule has 1 saturated heterocycles. The number of likely N-dealkylation sites (tertiary alicyclic amines) is 1. The largest absolute Gasteiger partial charge is 0.339 e. The average molecular weight is 175 g/mol. The van der Waals surface area contributed by atoms with E-state index in [0.717, 1.165) is 25.1 Å². The summed E-state index contributed by atoms with van der Waals surface area (Å²) in [5.41, 5.74) is 2.01. The molecule has 2 heteroatoms. The van der Waals surface area contributed by atoms with E-state index in [1.807, 2.05) is 36.1 Å². The van der Waals surface area contributed by atoms with E-state index in [9.17, 15) is 4.79 Å². The third-order valence-electron chi connectivity index (χ3n) is 2.44. The summed E-state index contributed by atoms with van der Waals surface area (Å²) in [4.78, 5) is 13.5. The molecule has 0 N–H and O–H groups in total. The van der Waals surface area contributed by atoms with Gasteiger partial charge in [0.15, 0.2) is 0 Å². The van der Waals surface area contributed by atoms with Gasteiger partial charge >= 0.3 is 0 Å². The molecule has 1 aliphatic rings. The Labute approximate surface area is 78.2 Å². The van der Waals surface area contributed by atoms with Crippen LogP contribution in [0.15, 0.2) is 24.3 Å². The van der Waals surface area contributed by atoms with Gasteiger partial charge in [0.05, 0.1) is 0 Å². The van der Waals surface area contributed by atoms with Crippen molar-refractivity contribution in [1.29, 1.82) is 0 Å². The van der Waals surface area contributed by atoms with Gasteiger partial charge < -0.3 is 4.90 Å². The predicted octanol–water partition coefficient (Wildman–Crippen LogP) is 1.84. The van der Waals surface area contributed by atoms with Crippen LogP contribution in [0, 0.1) is 6.92 Å². The van der Waals surface area contributed by atoms with E-state index in [-0.39, 0.29) is 5.91 Å². The molecule has 0 spiro atoms. The fourth-order valence-electron chi connectivity index (χ4n) is 1.40. The van der Waals surface area contributed by atoms with Crippen molar-refractivity contribution in [3.63, 3.8) is 0 Å². The second-order valence-corrected chi connectivity index (χ2v) is 3.51. The second kappa shape index (κ2) is 3.21. The molecule has 0 saturated carbocycles. The molecule has 1 aliphatic heterocycles. The maximum absolute atomic E-state index is 11.7. The molecule has 1 fully saturated rings. The maximum atomic E-state index is 11.7. The molecule has 0 bridgehead atoms. The molecule has 1 aromatic carbocycles. The van der Waals surface area contributed by atoms with Gasteiger partial charge in [-0.15, -0.1) is 0 Å². The summed E-state index contributed by atoms with van der Waals surface area (Å²) in [5, 5.41) is 0. The number of aryl methyl sites for hydroxylation is 1. The minimum Gasteiger partial charge on any atom is -0.339 e. The lowest BCUT2D eigenvalue weighted by molar-refractivity contribution is 0.0652. The second-order valence-electron chi connectivity index (χ2n) is 3.51. The van der Waals surface area contributed by atoms with Gasteiger partial charge in [-0.05, 0) is 25.5 Å². The molecule has 1 amide bonds. The van der Waals surface area contributed by atoms with Gasteiger partial charge in [0, 0.05) is 18.7 Å². The molecule has 0 aliphatic carbocycles. The van der Waals surface area contributed by atoms with Crippen molar-refractivity contribution in [2.75, 3.05) is 13.1 Å². The van der Waals surface area contributed by atoms with E-state index in [1.54, 1.807) is 0 Å². The van der Waals surface area contributed by atoms with Crippen LogP contribution in [-0.4, -0.2) is 23.9 Å². The van der Waals surface area contributed by atoms with Crippen LogP contribution in [0.3, 0.4) is 0 Å². The Morgan fingerprint density at radius 3 is 2.31 bits per heavy atom. The van der Waals surface area contributed by atoms with Gasteiger partial charge in [-0.1, -0.05) is 17.7 Å². The lowest BCUT2D eigenvalue weighted by atomic mass is 10.1. The number of benzene rings is 1. The highest BCUT2D eigenvalue weighted by atomic mass is 16.2. The zero-order chi connectivity index (χ0) is 9.26. The molecule has 2 rings (SSSR count). The molecule has 13 heavy (non-hydrogen) atoms. The van der Waals surface area contributed by atoms with Crippen LogP contribution in [0.5, 0.6) is 0 Å². The van der Waals surface area contributed by atoms with Gasteiger partial charge in [-0.3, -0.25) is 4.79 Å². The third-order valence-corrected chi connectivity index (χ3v) is 2.44. The number of carbonyl (C=O) groups excluding carboxylic acids is 1. The maximum Gasteiger partial charge on any atom is 0.253 e. The van der Waals surface area contributed by atoms with Gasteiger partial charge in [0.1, 0.15) is 0 Å². The van der Waals surface area contributed by atoms with E-state index in [0.29, 0.717) is 0 Å². The van der Waals surface area contributed by atoms with E-state index in [1.165, 1.54) is 5.56 Å². The fourth-order valence-corrected chi connectivity index (χ4v) is 1.40. The average Bonchev–Trinajstić information content (AvgIpc) is 2.02. The number of carbonyl (C=O) groups is 1. The van der Waals surface area contributed by atoms with Crippen LogP contribution >= 0.6 is 0 Å². The number of amides is 1. The molecule has 0 atom stereocenters. The Bertz CT molecular complexity index is 311. The molecule has 0 radical (unpaired) electrons.